The molecule has 27 heavy (non-hydrogen) atoms. The molecule has 4 N–H and O–H groups in total. The van der Waals surface area contributed by atoms with Gasteiger partial charge in [0.25, 0.3) is 0 Å². The van der Waals surface area contributed by atoms with Crippen molar-refractivity contribution in [3.05, 3.63) is 51.7 Å². The van der Waals surface area contributed by atoms with Crippen LogP contribution >= 0.6 is 0 Å². The summed E-state index contributed by atoms with van der Waals surface area (Å²) in [5.74, 6) is -0.0904. The minimum Gasteiger partial charge on any atom is -0.341 e. The molecule has 142 valence electrons. The van der Waals surface area contributed by atoms with E-state index >= 15 is 0 Å². The number of nitrogens with zero attached hydrogens (tertiary/aromatic N) is 3. The Morgan fingerprint density at radius 3 is 2.63 bits per heavy atom. The van der Waals surface area contributed by atoms with E-state index in [4.69, 9.17) is 5.73 Å². The number of rotatable bonds is 3. The van der Waals surface area contributed by atoms with Crippen molar-refractivity contribution in [3.8, 4) is 0 Å². The molecular weight excluding hydrogens is 344 g/mol. The van der Waals surface area contributed by atoms with Gasteiger partial charge >= 0.3 is 5.69 Å². The number of carbonyl (C=O) groups is 1. The zero-order chi connectivity index (χ0) is 19.1. The summed E-state index contributed by atoms with van der Waals surface area (Å²) in [6, 6.07) is 7.05. The second-order valence-electron chi connectivity index (χ2n) is 7.20. The lowest BCUT2D eigenvalue weighted by atomic mass is 10.0. The molecule has 0 radical (unpaired) electrons. The van der Waals surface area contributed by atoms with Crippen LogP contribution < -0.4 is 11.4 Å². The van der Waals surface area contributed by atoms with Crippen LogP contribution in [-0.4, -0.2) is 43.6 Å². The predicted molar refractivity (Wildman–Crippen MR) is 102 cm³/mol. The van der Waals surface area contributed by atoms with Crippen LogP contribution in [0.5, 0.6) is 0 Å². The van der Waals surface area contributed by atoms with Gasteiger partial charge in [-0.1, -0.05) is 12.1 Å². The first kappa shape index (κ1) is 17.5. The van der Waals surface area contributed by atoms with Crippen molar-refractivity contribution >= 4 is 16.9 Å². The van der Waals surface area contributed by atoms with Gasteiger partial charge in [0.05, 0.1) is 16.7 Å². The Balaban J connectivity index is 1.49. The molecule has 0 saturated carbocycles. The van der Waals surface area contributed by atoms with Crippen molar-refractivity contribution in [2.24, 2.45) is 5.73 Å². The van der Waals surface area contributed by atoms with Crippen LogP contribution in [0.4, 0.5) is 0 Å². The van der Waals surface area contributed by atoms with Gasteiger partial charge in [-0.05, 0) is 38.8 Å². The molecule has 1 aromatic carbocycles. The van der Waals surface area contributed by atoms with Gasteiger partial charge in [-0.25, -0.2) is 4.79 Å². The van der Waals surface area contributed by atoms with E-state index in [-0.39, 0.29) is 17.6 Å². The van der Waals surface area contributed by atoms with Crippen molar-refractivity contribution in [2.45, 2.75) is 38.8 Å². The summed E-state index contributed by atoms with van der Waals surface area (Å²) in [5, 5.41) is 7.01. The third kappa shape index (κ3) is 2.95. The highest BCUT2D eigenvalue weighted by molar-refractivity contribution is 5.83. The van der Waals surface area contributed by atoms with Gasteiger partial charge < -0.3 is 15.6 Å². The third-order valence-corrected chi connectivity index (χ3v) is 5.53. The smallest absolute Gasteiger partial charge is 0.326 e. The first-order chi connectivity index (χ1) is 13.0. The highest BCUT2D eigenvalue weighted by atomic mass is 16.2. The summed E-state index contributed by atoms with van der Waals surface area (Å²) >= 11 is 0. The Bertz CT molecular complexity index is 1020. The van der Waals surface area contributed by atoms with Crippen LogP contribution in [0.3, 0.4) is 0 Å². The van der Waals surface area contributed by atoms with Crippen molar-refractivity contribution < 1.29 is 4.79 Å². The number of carbonyl (C=O) groups excluding carboxylic acids is 1. The number of nitrogens with one attached hydrogen (secondary N) is 2. The summed E-state index contributed by atoms with van der Waals surface area (Å²) in [5.41, 5.74) is 10.2. The number of fused-ring (bicyclic) bond motifs is 1. The molecule has 0 bridgehead atoms. The molecule has 1 atom stereocenters. The van der Waals surface area contributed by atoms with Crippen LogP contribution in [0.25, 0.3) is 11.0 Å². The maximum absolute atomic E-state index is 12.9. The quantitative estimate of drug-likeness (QED) is 0.651. The lowest BCUT2D eigenvalue weighted by Crippen LogP contribution is -2.44. The van der Waals surface area contributed by atoms with Gasteiger partial charge in [0.1, 0.15) is 6.04 Å². The molecular formula is C19H24N6O2. The van der Waals surface area contributed by atoms with E-state index in [1.54, 1.807) is 4.90 Å². The van der Waals surface area contributed by atoms with Gasteiger partial charge in [0, 0.05) is 30.4 Å². The average molecular weight is 368 g/mol. The number of H-pyrrole nitrogens is 2. The van der Waals surface area contributed by atoms with E-state index in [0.29, 0.717) is 13.1 Å². The van der Waals surface area contributed by atoms with E-state index in [2.05, 4.69) is 15.2 Å². The van der Waals surface area contributed by atoms with E-state index in [9.17, 15) is 9.59 Å². The fourth-order valence-electron chi connectivity index (χ4n) is 4.12. The SMILES string of the molecule is Cc1n[nH]c(C)c1[C@H](N)C(=O)N1CCC(n2c(=O)[nH]c3ccccc32)CC1. The average Bonchev–Trinajstić information content (AvgIpc) is 3.18. The highest BCUT2D eigenvalue weighted by Crippen LogP contribution is 2.27. The molecule has 0 aliphatic carbocycles. The fourth-order valence-corrected chi connectivity index (χ4v) is 4.12. The van der Waals surface area contributed by atoms with Crippen molar-refractivity contribution in [1.29, 1.82) is 0 Å². The van der Waals surface area contributed by atoms with Gasteiger partial charge in [-0.15, -0.1) is 0 Å². The van der Waals surface area contributed by atoms with E-state index in [1.807, 2.05) is 42.7 Å². The number of aromatic nitrogens is 4. The monoisotopic (exact) mass is 368 g/mol. The van der Waals surface area contributed by atoms with E-state index in [1.165, 1.54) is 0 Å². The number of benzene rings is 1. The number of amides is 1. The number of likely N-dealkylation sites (tertiary alicyclic amines) is 1. The predicted octanol–water partition coefficient (Wildman–Crippen LogP) is 1.53. The van der Waals surface area contributed by atoms with Crippen LogP contribution in [0.15, 0.2) is 29.1 Å². The number of imidazole rings is 1. The summed E-state index contributed by atoms with van der Waals surface area (Å²) in [6.45, 7) is 4.89. The molecule has 0 spiro atoms. The van der Waals surface area contributed by atoms with Crippen LogP contribution in [0.2, 0.25) is 0 Å². The Morgan fingerprint density at radius 1 is 1.26 bits per heavy atom. The Morgan fingerprint density at radius 2 is 1.96 bits per heavy atom. The minimum atomic E-state index is -0.712. The van der Waals surface area contributed by atoms with Crippen LogP contribution in [-0.2, 0) is 4.79 Å². The zero-order valence-corrected chi connectivity index (χ0v) is 15.5. The summed E-state index contributed by atoms with van der Waals surface area (Å²) < 4.78 is 1.82. The molecule has 1 aliphatic heterocycles. The number of piperidine rings is 1. The number of aromatic amines is 2. The van der Waals surface area contributed by atoms with Gasteiger partial charge in [-0.3, -0.25) is 14.5 Å². The maximum atomic E-state index is 12.9. The Labute approximate surface area is 156 Å². The fraction of sp³-hybridized carbons (Fsp3) is 0.421. The molecule has 4 rings (SSSR count). The Hall–Kier alpha value is -2.87. The standard InChI is InChI=1S/C19H24N6O2/c1-11-16(12(2)23-22-11)17(20)18(26)24-9-7-13(8-10-24)25-15-6-4-3-5-14(15)21-19(25)27/h3-6,13,17H,7-10,20H2,1-2H3,(H,21,27)(H,22,23)/t17-/m0/s1. The third-order valence-electron chi connectivity index (χ3n) is 5.53. The van der Waals surface area contributed by atoms with E-state index in [0.717, 1.165) is 40.8 Å². The first-order valence-corrected chi connectivity index (χ1v) is 9.22. The Kier molecular flexibility index (Phi) is 4.35. The lowest BCUT2D eigenvalue weighted by molar-refractivity contribution is -0.134. The maximum Gasteiger partial charge on any atom is 0.326 e. The molecule has 1 saturated heterocycles. The lowest BCUT2D eigenvalue weighted by Gasteiger charge is -2.34. The molecule has 1 amide bonds. The van der Waals surface area contributed by atoms with Crippen molar-refractivity contribution in [3.63, 3.8) is 0 Å². The second kappa shape index (κ2) is 6.70. The summed E-state index contributed by atoms with van der Waals surface area (Å²) in [7, 11) is 0. The van der Waals surface area contributed by atoms with Gasteiger partial charge in [-0.2, -0.15) is 5.10 Å². The molecule has 0 unspecified atom stereocenters. The first-order valence-electron chi connectivity index (χ1n) is 9.22. The summed E-state index contributed by atoms with van der Waals surface area (Å²) in [4.78, 5) is 29.9. The van der Waals surface area contributed by atoms with Crippen molar-refractivity contribution in [1.82, 2.24) is 24.6 Å². The number of para-hydroxylation sites is 2. The molecule has 2 aromatic heterocycles. The largest absolute Gasteiger partial charge is 0.341 e. The molecule has 8 nitrogen and oxygen atoms in total. The normalized spacial score (nSPS) is 16.8. The number of aryl methyl sites for hydroxylation is 2. The molecule has 8 heteroatoms. The molecule has 3 aromatic rings. The van der Waals surface area contributed by atoms with Gasteiger partial charge in [0.15, 0.2) is 0 Å². The second-order valence-corrected chi connectivity index (χ2v) is 7.20. The van der Waals surface area contributed by atoms with Crippen LogP contribution in [0.1, 0.15) is 41.9 Å². The van der Waals surface area contributed by atoms with Gasteiger partial charge in [0.2, 0.25) is 5.91 Å². The highest BCUT2D eigenvalue weighted by Gasteiger charge is 2.30. The minimum absolute atomic E-state index is 0.0753. The van der Waals surface area contributed by atoms with Crippen molar-refractivity contribution in [2.75, 3.05) is 13.1 Å². The topological polar surface area (TPSA) is 113 Å². The molecule has 1 aliphatic rings. The molecule has 3 heterocycles. The number of hydrogen-bond donors (Lipinski definition) is 3. The van der Waals surface area contributed by atoms with Crippen LogP contribution in [0, 0.1) is 13.8 Å². The zero-order valence-electron chi connectivity index (χ0n) is 15.5. The number of nitrogens with two attached hydrogens (primary N) is 1. The molecule has 1 fully saturated rings. The summed E-state index contributed by atoms with van der Waals surface area (Å²) in [6.07, 6.45) is 1.45. The van der Waals surface area contributed by atoms with E-state index < -0.39 is 6.04 Å². The number of hydrogen-bond acceptors (Lipinski definition) is 4.